The first-order valence-electron chi connectivity index (χ1n) is 10.5. The molecule has 2 heterocycles. The molecule has 0 radical (unpaired) electrons. The zero-order chi connectivity index (χ0) is 22.2. The van der Waals surface area contributed by atoms with Crippen molar-refractivity contribution in [3.8, 4) is 22.5 Å². The first-order chi connectivity index (χ1) is 15.0. The van der Waals surface area contributed by atoms with Gasteiger partial charge < -0.3 is 19.7 Å². The molecule has 1 fully saturated rings. The smallest absolute Gasteiger partial charge is 0.323 e. The van der Waals surface area contributed by atoms with E-state index in [1.54, 1.807) is 0 Å². The van der Waals surface area contributed by atoms with Gasteiger partial charge in [-0.2, -0.15) is 0 Å². The Morgan fingerprint density at radius 1 is 0.774 bits per heavy atom. The van der Waals surface area contributed by atoms with Gasteiger partial charge in [0.2, 0.25) is 0 Å². The molecule has 4 rings (SSSR count). The molecule has 0 amide bonds. The summed E-state index contributed by atoms with van der Waals surface area (Å²) in [5, 5.41) is 16.8. The molecule has 31 heavy (non-hydrogen) atoms. The van der Waals surface area contributed by atoms with Crippen LogP contribution in [0.25, 0.3) is 22.5 Å². The molecule has 3 aromatic rings. The van der Waals surface area contributed by atoms with E-state index in [1.165, 1.54) is 24.9 Å². The quantitative estimate of drug-likeness (QED) is 0.608. The van der Waals surface area contributed by atoms with Crippen molar-refractivity contribution in [2.45, 2.75) is 32.7 Å². The van der Waals surface area contributed by atoms with E-state index >= 15 is 0 Å². The fraction of sp³-hybridized carbons (Fsp3) is 0.280. The monoisotopic (exact) mass is 420 g/mol. The summed E-state index contributed by atoms with van der Waals surface area (Å²) in [6, 6.07) is 22.5. The summed E-state index contributed by atoms with van der Waals surface area (Å²) < 4.78 is 1.88. The number of hydrogen-bond donors (Lipinski definition) is 2. The summed E-state index contributed by atoms with van der Waals surface area (Å²) in [7, 11) is 0. The van der Waals surface area contributed by atoms with Gasteiger partial charge in [-0.3, -0.25) is 9.59 Å². The molecule has 0 spiro atoms. The number of piperidine rings is 1. The van der Waals surface area contributed by atoms with Gasteiger partial charge >= 0.3 is 5.97 Å². The summed E-state index contributed by atoms with van der Waals surface area (Å²) in [6.07, 6.45) is 3.83. The molecule has 1 aliphatic heterocycles. The molecule has 1 saturated heterocycles. The maximum atomic E-state index is 11.5. The highest BCUT2D eigenvalue weighted by molar-refractivity contribution is 5.75. The summed E-state index contributed by atoms with van der Waals surface area (Å²) >= 11 is 0. The Balaban J connectivity index is 0.000000628. The average Bonchev–Trinajstić information content (AvgIpc) is 3.17. The second-order valence-corrected chi connectivity index (χ2v) is 7.56. The predicted molar refractivity (Wildman–Crippen MR) is 122 cm³/mol. The summed E-state index contributed by atoms with van der Waals surface area (Å²) in [5.74, 6) is -1.67. The lowest BCUT2D eigenvalue weighted by atomic mass is 10.1. The molecule has 1 aromatic heterocycles. The molecule has 6 nitrogen and oxygen atoms in total. The van der Waals surface area contributed by atoms with Gasteiger partial charge in [-0.25, -0.2) is 0 Å². The molecule has 0 aliphatic carbocycles. The van der Waals surface area contributed by atoms with E-state index in [0.717, 1.165) is 42.5 Å². The van der Waals surface area contributed by atoms with Crippen molar-refractivity contribution in [2.75, 3.05) is 18.0 Å². The standard InChI is InChI=1S/C23H24N2O2.C2H4O2/c26-23(27)17-25-21(18-7-3-1-4-8-18)13-14-22(25)19-9-11-20(12-10-19)24-15-5-2-6-16-24;1-2(3)4/h1,3-4,7-14H,2,5-6,15-17H2,(H,26,27);1H3,(H,3,4). The van der Waals surface area contributed by atoms with Gasteiger partial charge in [0.15, 0.2) is 0 Å². The minimum Gasteiger partial charge on any atom is -0.481 e. The number of carboxylic acid groups (broad SMARTS) is 2. The van der Waals surface area contributed by atoms with Crippen LogP contribution in [0.2, 0.25) is 0 Å². The number of rotatable bonds is 5. The predicted octanol–water partition coefficient (Wildman–Crippen LogP) is 4.99. The molecule has 0 bridgehead atoms. The number of hydrogen-bond acceptors (Lipinski definition) is 3. The molecule has 162 valence electrons. The van der Waals surface area contributed by atoms with E-state index < -0.39 is 11.9 Å². The van der Waals surface area contributed by atoms with Gasteiger partial charge in [-0.15, -0.1) is 0 Å². The van der Waals surface area contributed by atoms with E-state index in [2.05, 4.69) is 29.2 Å². The number of carboxylic acids is 2. The zero-order valence-corrected chi connectivity index (χ0v) is 17.7. The van der Waals surface area contributed by atoms with Crippen molar-refractivity contribution in [3.05, 3.63) is 66.7 Å². The number of carbonyl (C=O) groups is 2. The topological polar surface area (TPSA) is 82.8 Å². The Labute approximate surface area is 182 Å². The normalized spacial score (nSPS) is 13.3. The van der Waals surface area contributed by atoms with E-state index in [9.17, 15) is 9.90 Å². The van der Waals surface area contributed by atoms with Crippen molar-refractivity contribution in [3.63, 3.8) is 0 Å². The molecule has 2 aromatic carbocycles. The fourth-order valence-corrected chi connectivity index (χ4v) is 3.88. The molecule has 1 aliphatic rings. The zero-order valence-electron chi connectivity index (χ0n) is 17.7. The third-order valence-corrected chi connectivity index (χ3v) is 5.23. The van der Waals surface area contributed by atoms with Crippen molar-refractivity contribution in [2.24, 2.45) is 0 Å². The molecule has 0 unspecified atom stereocenters. The molecule has 0 atom stereocenters. The molecular formula is C25H28N2O4. The Morgan fingerprint density at radius 3 is 1.81 bits per heavy atom. The van der Waals surface area contributed by atoms with E-state index in [1.807, 2.05) is 47.0 Å². The van der Waals surface area contributed by atoms with Crippen LogP contribution in [0.3, 0.4) is 0 Å². The molecule has 6 heteroatoms. The Kier molecular flexibility index (Phi) is 7.49. The van der Waals surface area contributed by atoms with Gasteiger partial charge in [0, 0.05) is 37.1 Å². The van der Waals surface area contributed by atoms with Crippen LogP contribution in [0.4, 0.5) is 5.69 Å². The van der Waals surface area contributed by atoms with Gasteiger partial charge in [0.05, 0.1) is 0 Å². The van der Waals surface area contributed by atoms with Gasteiger partial charge in [0.25, 0.3) is 5.97 Å². The number of anilines is 1. The highest BCUT2D eigenvalue weighted by Gasteiger charge is 2.15. The van der Waals surface area contributed by atoms with Crippen molar-refractivity contribution in [1.82, 2.24) is 4.57 Å². The highest BCUT2D eigenvalue weighted by Crippen LogP contribution is 2.30. The maximum absolute atomic E-state index is 11.5. The maximum Gasteiger partial charge on any atom is 0.323 e. The first-order valence-corrected chi connectivity index (χ1v) is 10.5. The van der Waals surface area contributed by atoms with Gasteiger partial charge in [-0.05, 0) is 54.7 Å². The lowest BCUT2D eigenvalue weighted by Gasteiger charge is -2.28. The van der Waals surface area contributed by atoms with E-state index in [-0.39, 0.29) is 6.54 Å². The van der Waals surface area contributed by atoms with Crippen LogP contribution in [-0.4, -0.2) is 39.8 Å². The van der Waals surface area contributed by atoms with E-state index in [4.69, 9.17) is 9.90 Å². The number of aliphatic carboxylic acids is 2. The first kappa shape index (κ1) is 22.2. The summed E-state index contributed by atoms with van der Waals surface area (Å²) in [5.41, 5.74) is 5.17. The van der Waals surface area contributed by atoms with Crippen LogP contribution in [-0.2, 0) is 16.1 Å². The minimum absolute atomic E-state index is 0.0551. The van der Waals surface area contributed by atoms with Crippen LogP contribution < -0.4 is 4.90 Å². The van der Waals surface area contributed by atoms with Crippen LogP contribution in [0.15, 0.2) is 66.7 Å². The lowest BCUT2D eigenvalue weighted by Crippen LogP contribution is -2.29. The second kappa shape index (κ2) is 10.5. The van der Waals surface area contributed by atoms with Crippen LogP contribution in [0, 0.1) is 0 Å². The highest BCUT2D eigenvalue weighted by atomic mass is 16.4. The Hall–Kier alpha value is -3.54. The molecule has 0 saturated carbocycles. The Morgan fingerprint density at radius 2 is 1.29 bits per heavy atom. The third-order valence-electron chi connectivity index (χ3n) is 5.23. The van der Waals surface area contributed by atoms with Crippen LogP contribution in [0.1, 0.15) is 26.2 Å². The van der Waals surface area contributed by atoms with Crippen molar-refractivity contribution >= 4 is 17.6 Å². The van der Waals surface area contributed by atoms with Gasteiger partial charge in [-0.1, -0.05) is 42.5 Å². The third kappa shape index (κ3) is 5.98. The number of nitrogens with zero attached hydrogens (tertiary/aromatic N) is 2. The van der Waals surface area contributed by atoms with Crippen LogP contribution >= 0.6 is 0 Å². The summed E-state index contributed by atoms with van der Waals surface area (Å²) in [6.45, 7) is 3.26. The summed E-state index contributed by atoms with van der Waals surface area (Å²) in [4.78, 5) is 22.9. The van der Waals surface area contributed by atoms with E-state index in [0.29, 0.717) is 0 Å². The van der Waals surface area contributed by atoms with Crippen molar-refractivity contribution in [1.29, 1.82) is 0 Å². The van der Waals surface area contributed by atoms with Crippen molar-refractivity contribution < 1.29 is 19.8 Å². The average molecular weight is 421 g/mol. The molecular weight excluding hydrogens is 392 g/mol. The number of aromatic nitrogens is 1. The van der Waals surface area contributed by atoms with Crippen LogP contribution in [0.5, 0.6) is 0 Å². The molecule has 2 N–H and O–H groups in total. The Bertz CT molecular complexity index is 1000. The fourth-order valence-electron chi connectivity index (χ4n) is 3.88. The minimum atomic E-state index is -0.838. The SMILES string of the molecule is CC(=O)O.O=C(O)Cn1c(-c2ccccc2)ccc1-c1ccc(N2CCCCC2)cc1. The second-order valence-electron chi connectivity index (χ2n) is 7.56. The van der Waals surface area contributed by atoms with Gasteiger partial charge in [0.1, 0.15) is 6.54 Å². The largest absolute Gasteiger partial charge is 0.481 e. The number of benzene rings is 2. The lowest BCUT2D eigenvalue weighted by molar-refractivity contribution is -0.137.